The summed E-state index contributed by atoms with van der Waals surface area (Å²) in [7, 11) is 0. The molecule has 0 N–H and O–H groups in total. The van der Waals surface area contributed by atoms with Gasteiger partial charge in [-0.1, -0.05) is 11.8 Å². The first-order valence-electron chi connectivity index (χ1n) is 4.01. The summed E-state index contributed by atoms with van der Waals surface area (Å²) < 4.78 is 0. The van der Waals surface area contributed by atoms with Crippen molar-refractivity contribution in [3.8, 4) is 23.7 Å². The zero-order valence-electron chi connectivity index (χ0n) is 7.28. The minimum atomic E-state index is 1.04. The number of hydrogen-bond acceptors (Lipinski definition) is 2. The molecule has 0 nitrogen and oxygen atoms in total. The maximum absolute atomic E-state index is 2.98. The molecule has 0 aliphatic rings. The molecule has 0 aliphatic heterocycles. The molecule has 0 atom stereocenters. The molecule has 2 heterocycles. The van der Waals surface area contributed by atoms with Crippen LogP contribution in [0.4, 0.5) is 0 Å². The fourth-order valence-corrected chi connectivity index (χ4v) is 2.05. The molecule has 0 aliphatic carbocycles. The van der Waals surface area contributed by atoms with E-state index in [9.17, 15) is 0 Å². The molecule has 0 radical (unpaired) electrons. The first kappa shape index (κ1) is 9.09. The summed E-state index contributed by atoms with van der Waals surface area (Å²) in [5.74, 6) is 11.6. The molecule has 0 spiro atoms. The van der Waals surface area contributed by atoms with E-state index in [1.165, 1.54) is 0 Å². The van der Waals surface area contributed by atoms with Crippen molar-refractivity contribution in [3.05, 3.63) is 44.8 Å². The van der Waals surface area contributed by atoms with Crippen molar-refractivity contribution in [2.24, 2.45) is 0 Å². The zero-order chi connectivity index (χ0) is 9.64. The smallest absolute Gasteiger partial charge is 0.0362 e. The molecule has 0 saturated heterocycles. The fourth-order valence-electron chi connectivity index (χ4n) is 0.878. The molecular weight excluding hydrogens is 208 g/mol. The molecule has 0 saturated carbocycles. The van der Waals surface area contributed by atoms with Crippen LogP contribution in [0.15, 0.2) is 33.7 Å². The molecular formula is C12H6S2. The molecule has 14 heavy (non-hydrogen) atoms. The quantitative estimate of drug-likeness (QED) is 0.591. The maximum Gasteiger partial charge on any atom is 0.0362 e. The summed E-state index contributed by atoms with van der Waals surface area (Å²) in [6.45, 7) is 0. The SMILES string of the molecule is C(C#Cc1ccsc1)#Cc1ccsc1. The van der Waals surface area contributed by atoms with E-state index in [-0.39, 0.29) is 0 Å². The molecule has 2 aromatic rings. The summed E-state index contributed by atoms with van der Waals surface area (Å²) in [6, 6.07) is 3.98. The highest BCUT2D eigenvalue weighted by Crippen LogP contribution is 2.04. The second-order valence-corrected chi connectivity index (χ2v) is 4.08. The van der Waals surface area contributed by atoms with Crippen molar-refractivity contribution in [1.29, 1.82) is 0 Å². The summed E-state index contributed by atoms with van der Waals surface area (Å²) in [4.78, 5) is 0. The molecule has 0 amide bonds. The third-order valence-corrected chi connectivity index (χ3v) is 2.88. The second kappa shape index (κ2) is 4.67. The van der Waals surface area contributed by atoms with Crippen LogP contribution in [0.25, 0.3) is 0 Å². The molecule has 2 rings (SSSR count). The van der Waals surface area contributed by atoms with Crippen molar-refractivity contribution >= 4 is 22.7 Å². The molecule has 66 valence electrons. The minimum Gasteiger partial charge on any atom is -0.151 e. The van der Waals surface area contributed by atoms with Crippen LogP contribution in [-0.2, 0) is 0 Å². The van der Waals surface area contributed by atoms with Crippen LogP contribution in [0, 0.1) is 23.7 Å². The predicted octanol–water partition coefficient (Wildman–Crippen LogP) is 3.21. The Bertz CT molecular complexity index is 446. The van der Waals surface area contributed by atoms with Crippen LogP contribution in [0.2, 0.25) is 0 Å². The summed E-state index contributed by atoms with van der Waals surface area (Å²) in [6.07, 6.45) is 0. The lowest BCUT2D eigenvalue weighted by Gasteiger charge is -1.72. The Balaban J connectivity index is 2.07. The van der Waals surface area contributed by atoms with E-state index in [2.05, 4.69) is 23.7 Å². The van der Waals surface area contributed by atoms with E-state index in [0.29, 0.717) is 0 Å². The molecule has 2 heteroatoms. The first-order valence-corrected chi connectivity index (χ1v) is 5.90. The lowest BCUT2D eigenvalue weighted by Crippen LogP contribution is -1.63. The minimum absolute atomic E-state index is 1.04. The lowest BCUT2D eigenvalue weighted by atomic mass is 10.3. The number of hydrogen-bond donors (Lipinski definition) is 0. The van der Waals surface area contributed by atoms with Crippen LogP contribution < -0.4 is 0 Å². The van der Waals surface area contributed by atoms with Gasteiger partial charge in [-0.15, -0.1) is 0 Å². The molecule has 2 aromatic heterocycles. The Morgan fingerprint density at radius 3 is 1.64 bits per heavy atom. The van der Waals surface area contributed by atoms with Gasteiger partial charge in [0.05, 0.1) is 0 Å². The summed E-state index contributed by atoms with van der Waals surface area (Å²) >= 11 is 3.29. The van der Waals surface area contributed by atoms with Crippen molar-refractivity contribution in [2.75, 3.05) is 0 Å². The Morgan fingerprint density at radius 1 is 0.786 bits per heavy atom. The Morgan fingerprint density at radius 2 is 1.29 bits per heavy atom. The molecule has 0 bridgehead atoms. The van der Waals surface area contributed by atoms with Crippen molar-refractivity contribution in [3.63, 3.8) is 0 Å². The Hall–Kier alpha value is -1.48. The Labute approximate surface area is 91.2 Å². The highest BCUT2D eigenvalue weighted by molar-refractivity contribution is 7.08. The highest BCUT2D eigenvalue weighted by Gasteiger charge is 1.83. The summed E-state index contributed by atoms with van der Waals surface area (Å²) in [5, 5.41) is 8.05. The van der Waals surface area contributed by atoms with E-state index in [4.69, 9.17) is 0 Å². The van der Waals surface area contributed by atoms with E-state index < -0.39 is 0 Å². The number of thiophene rings is 2. The fraction of sp³-hybridized carbons (Fsp3) is 0. The van der Waals surface area contributed by atoms with Gasteiger partial charge in [-0.05, 0) is 34.7 Å². The van der Waals surface area contributed by atoms with Gasteiger partial charge < -0.3 is 0 Å². The second-order valence-electron chi connectivity index (χ2n) is 2.52. The van der Waals surface area contributed by atoms with Crippen molar-refractivity contribution in [2.45, 2.75) is 0 Å². The molecule has 0 unspecified atom stereocenters. The lowest BCUT2D eigenvalue weighted by molar-refractivity contribution is 1.85. The Kier molecular flexibility index (Phi) is 3.03. The van der Waals surface area contributed by atoms with Crippen LogP contribution in [0.5, 0.6) is 0 Å². The van der Waals surface area contributed by atoms with E-state index in [0.717, 1.165) is 11.1 Å². The van der Waals surface area contributed by atoms with Gasteiger partial charge >= 0.3 is 0 Å². The molecule has 0 aromatic carbocycles. The van der Waals surface area contributed by atoms with Gasteiger partial charge in [0.1, 0.15) is 0 Å². The average Bonchev–Trinajstić information content (AvgIpc) is 2.86. The molecule has 0 fully saturated rings. The number of rotatable bonds is 0. The van der Waals surface area contributed by atoms with E-state index >= 15 is 0 Å². The van der Waals surface area contributed by atoms with Crippen LogP contribution in [0.1, 0.15) is 11.1 Å². The van der Waals surface area contributed by atoms with E-state index in [1.54, 1.807) is 22.7 Å². The van der Waals surface area contributed by atoms with Crippen LogP contribution in [-0.4, -0.2) is 0 Å². The standard InChI is InChI=1S/C12H6S2/c1(3-11-5-7-13-9-11)2-4-12-6-8-14-10-12/h5-10H. The van der Waals surface area contributed by atoms with Gasteiger partial charge in [0.25, 0.3) is 0 Å². The van der Waals surface area contributed by atoms with Gasteiger partial charge in [0.2, 0.25) is 0 Å². The maximum atomic E-state index is 2.98. The van der Waals surface area contributed by atoms with Gasteiger partial charge in [0.15, 0.2) is 0 Å². The average molecular weight is 214 g/mol. The summed E-state index contributed by atoms with van der Waals surface area (Å²) in [5.41, 5.74) is 2.07. The first-order chi connectivity index (χ1) is 6.95. The zero-order valence-corrected chi connectivity index (χ0v) is 8.91. The predicted molar refractivity (Wildman–Crippen MR) is 62.4 cm³/mol. The van der Waals surface area contributed by atoms with Gasteiger partial charge in [-0.25, -0.2) is 0 Å². The monoisotopic (exact) mass is 214 g/mol. The van der Waals surface area contributed by atoms with Crippen LogP contribution >= 0.6 is 22.7 Å². The van der Waals surface area contributed by atoms with Crippen molar-refractivity contribution < 1.29 is 0 Å². The van der Waals surface area contributed by atoms with Crippen LogP contribution in [0.3, 0.4) is 0 Å². The highest BCUT2D eigenvalue weighted by atomic mass is 32.1. The van der Waals surface area contributed by atoms with Crippen molar-refractivity contribution in [1.82, 2.24) is 0 Å². The van der Waals surface area contributed by atoms with Gasteiger partial charge in [0, 0.05) is 21.9 Å². The largest absolute Gasteiger partial charge is 0.151 e. The topological polar surface area (TPSA) is 0 Å². The van der Waals surface area contributed by atoms with E-state index in [1.807, 2.05) is 33.7 Å². The van der Waals surface area contributed by atoms with Gasteiger partial charge in [-0.2, -0.15) is 22.7 Å². The third-order valence-electron chi connectivity index (χ3n) is 1.52. The normalized spacial score (nSPS) is 8.29. The third kappa shape index (κ3) is 2.50. The van der Waals surface area contributed by atoms with Gasteiger partial charge in [-0.3, -0.25) is 0 Å².